The van der Waals surface area contributed by atoms with Crippen molar-refractivity contribution in [2.45, 2.75) is 12.5 Å². The quantitative estimate of drug-likeness (QED) is 0.907. The minimum atomic E-state index is -3.08. The van der Waals surface area contributed by atoms with Gasteiger partial charge in [0.2, 0.25) is 0 Å². The maximum absolute atomic E-state index is 13.5. The minimum Gasteiger partial charge on any atom is -0.324 e. The molecular weight excluding hydrogens is 307 g/mol. The summed E-state index contributed by atoms with van der Waals surface area (Å²) in [5, 5.41) is 2.69. The van der Waals surface area contributed by atoms with E-state index in [0.29, 0.717) is 11.4 Å². The average molecular weight is 321 g/mol. The number of hydrogen-bond acceptors (Lipinski definition) is 3. The van der Waals surface area contributed by atoms with Crippen molar-refractivity contribution in [2.75, 3.05) is 23.9 Å². The lowest BCUT2D eigenvalue weighted by Gasteiger charge is -2.23. The van der Waals surface area contributed by atoms with Gasteiger partial charge in [-0.1, -0.05) is 11.6 Å². The Morgan fingerprint density at radius 3 is 2.80 bits per heavy atom. The minimum absolute atomic E-state index is 0.0322. The van der Waals surface area contributed by atoms with Crippen LogP contribution in [0.2, 0.25) is 5.02 Å². The van der Waals surface area contributed by atoms with Crippen molar-refractivity contribution in [3.63, 3.8) is 0 Å². The largest absolute Gasteiger partial charge is 0.324 e. The van der Waals surface area contributed by atoms with Crippen molar-refractivity contribution in [2.24, 2.45) is 0 Å². The molecule has 1 saturated heterocycles. The van der Waals surface area contributed by atoms with Crippen LogP contribution in [0.4, 0.5) is 14.9 Å². The van der Waals surface area contributed by atoms with Gasteiger partial charge in [0.15, 0.2) is 9.84 Å². The van der Waals surface area contributed by atoms with E-state index in [1.54, 1.807) is 0 Å². The predicted molar refractivity (Wildman–Crippen MR) is 75.3 cm³/mol. The second-order valence-electron chi connectivity index (χ2n) is 4.72. The Bertz CT molecular complexity index is 636. The maximum atomic E-state index is 13.5. The number of anilines is 1. The topological polar surface area (TPSA) is 66.5 Å². The smallest absolute Gasteiger partial charge is 0.321 e. The fourth-order valence-electron chi connectivity index (χ4n) is 2.04. The number of carbonyl (C=O) groups excluding carboxylic acids is 1. The molecule has 1 atom stereocenters. The van der Waals surface area contributed by atoms with E-state index in [0.717, 1.165) is 6.07 Å². The number of nitrogens with zero attached hydrogens (tertiary/aromatic N) is 1. The fraction of sp³-hybridized carbons (Fsp3) is 0.417. The molecule has 0 aliphatic carbocycles. The van der Waals surface area contributed by atoms with E-state index in [4.69, 9.17) is 11.6 Å². The van der Waals surface area contributed by atoms with Crippen LogP contribution in [0, 0.1) is 5.82 Å². The molecule has 0 saturated carbocycles. The summed E-state index contributed by atoms with van der Waals surface area (Å²) in [6, 6.07) is 2.88. The normalized spacial score (nSPS) is 20.6. The summed E-state index contributed by atoms with van der Waals surface area (Å²) in [6.45, 7) is 0. The van der Waals surface area contributed by atoms with Gasteiger partial charge in [-0.25, -0.2) is 17.6 Å². The molecule has 5 nitrogen and oxygen atoms in total. The third-order valence-electron chi connectivity index (χ3n) is 3.25. The van der Waals surface area contributed by atoms with Crippen LogP contribution < -0.4 is 5.32 Å². The highest BCUT2D eigenvalue weighted by molar-refractivity contribution is 7.91. The molecule has 1 aromatic rings. The highest BCUT2D eigenvalue weighted by Gasteiger charge is 2.32. The summed E-state index contributed by atoms with van der Waals surface area (Å²) in [5.74, 6) is -0.592. The SMILES string of the molecule is CN(C(=O)Nc1cc(Cl)ccc1F)C1CCS(=O)(=O)C1. The number of amides is 2. The Hall–Kier alpha value is -1.34. The molecule has 1 fully saturated rings. The number of urea groups is 1. The number of sulfone groups is 1. The number of rotatable bonds is 2. The van der Waals surface area contributed by atoms with Gasteiger partial charge in [-0.15, -0.1) is 0 Å². The van der Waals surface area contributed by atoms with Crippen LogP contribution in [0.25, 0.3) is 0 Å². The van der Waals surface area contributed by atoms with Gasteiger partial charge in [0.05, 0.1) is 17.2 Å². The lowest BCUT2D eigenvalue weighted by molar-refractivity contribution is 0.209. The van der Waals surface area contributed by atoms with Gasteiger partial charge in [-0.05, 0) is 24.6 Å². The summed E-state index contributed by atoms with van der Waals surface area (Å²) < 4.78 is 36.3. The molecule has 0 radical (unpaired) electrons. The molecule has 0 aromatic heterocycles. The highest BCUT2D eigenvalue weighted by Crippen LogP contribution is 2.21. The monoisotopic (exact) mass is 320 g/mol. The molecule has 0 bridgehead atoms. The van der Waals surface area contributed by atoms with Crippen molar-refractivity contribution in [1.82, 2.24) is 4.90 Å². The van der Waals surface area contributed by atoms with Crippen molar-refractivity contribution < 1.29 is 17.6 Å². The summed E-state index contributed by atoms with van der Waals surface area (Å²) in [6.07, 6.45) is 0.393. The van der Waals surface area contributed by atoms with E-state index in [-0.39, 0.29) is 23.2 Å². The molecule has 1 unspecified atom stereocenters. The molecule has 0 spiro atoms. The standard InChI is InChI=1S/C12H14ClFN2O3S/c1-16(9-4-5-20(18,19)7-9)12(17)15-11-6-8(13)2-3-10(11)14/h2-3,6,9H,4-5,7H2,1H3,(H,15,17). The molecular formula is C12H14ClFN2O3S. The summed E-state index contributed by atoms with van der Waals surface area (Å²) >= 11 is 5.73. The van der Waals surface area contributed by atoms with Gasteiger partial charge in [-0.3, -0.25) is 0 Å². The summed E-state index contributed by atoms with van der Waals surface area (Å²) in [4.78, 5) is 13.3. The Morgan fingerprint density at radius 1 is 1.50 bits per heavy atom. The number of carbonyl (C=O) groups is 1. The summed E-state index contributed by atoms with van der Waals surface area (Å²) in [5.41, 5.74) is -0.0322. The molecule has 2 rings (SSSR count). The highest BCUT2D eigenvalue weighted by atomic mass is 35.5. The van der Waals surface area contributed by atoms with Crippen molar-refractivity contribution >= 4 is 33.2 Å². The Labute approximate surface area is 121 Å². The fourth-order valence-corrected chi connectivity index (χ4v) is 3.99. The van der Waals surface area contributed by atoms with Crippen LogP contribution in [-0.2, 0) is 9.84 Å². The van der Waals surface area contributed by atoms with Gasteiger partial charge >= 0.3 is 6.03 Å². The number of benzene rings is 1. The molecule has 1 N–H and O–H groups in total. The average Bonchev–Trinajstić information content (AvgIpc) is 2.73. The van der Waals surface area contributed by atoms with Gasteiger partial charge in [-0.2, -0.15) is 0 Å². The van der Waals surface area contributed by atoms with Gasteiger partial charge < -0.3 is 10.2 Å². The lowest BCUT2D eigenvalue weighted by Crippen LogP contribution is -2.40. The van der Waals surface area contributed by atoms with Crippen LogP contribution in [-0.4, -0.2) is 43.9 Å². The Kier molecular flexibility index (Phi) is 4.19. The van der Waals surface area contributed by atoms with Crippen molar-refractivity contribution in [3.8, 4) is 0 Å². The first-order valence-corrected chi connectivity index (χ1v) is 8.18. The van der Waals surface area contributed by atoms with Crippen LogP contribution in [0.15, 0.2) is 18.2 Å². The summed E-state index contributed by atoms with van der Waals surface area (Å²) in [7, 11) is -1.59. The zero-order chi connectivity index (χ0) is 14.9. The second kappa shape index (κ2) is 5.57. The zero-order valence-corrected chi connectivity index (χ0v) is 12.3. The number of halogens is 2. The van der Waals surface area contributed by atoms with E-state index in [2.05, 4.69) is 5.32 Å². The Morgan fingerprint density at radius 2 is 2.20 bits per heavy atom. The van der Waals surface area contributed by atoms with Gasteiger partial charge in [0.1, 0.15) is 5.82 Å². The lowest BCUT2D eigenvalue weighted by atomic mass is 10.2. The first kappa shape index (κ1) is 15.1. The van der Waals surface area contributed by atoms with Crippen LogP contribution in [0.3, 0.4) is 0 Å². The van der Waals surface area contributed by atoms with E-state index >= 15 is 0 Å². The van der Waals surface area contributed by atoms with E-state index in [1.807, 2.05) is 0 Å². The molecule has 1 heterocycles. The molecule has 1 aliphatic rings. The second-order valence-corrected chi connectivity index (χ2v) is 7.39. The molecule has 110 valence electrons. The van der Waals surface area contributed by atoms with E-state index in [1.165, 1.54) is 24.1 Å². The third kappa shape index (κ3) is 3.40. The molecule has 2 amide bonds. The van der Waals surface area contributed by atoms with Crippen molar-refractivity contribution in [1.29, 1.82) is 0 Å². The first-order valence-electron chi connectivity index (χ1n) is 5.98. The number of nitrogens with one attached hydrogen (secondary N) is 1. The molecule has 1 aromatic carbocycles. The van der Waals surface area contributed by atoms with E-state index in [9.17, 15) is 17.6 Å². The molecule has 20 heavy (non-hydrogen) atoms. The predicted octanol–water partition coefficient (Wildman–Crippen LogP) is 2.13. The molecule has 1 aliphatic heterocycles. The van der Waals surface area contributed by atoms with Crippen LogP contribution in [0.5, 0.6) is 0 Å². The Balaban J connectivity index is 2.06. The first-order chi connectivity index (χ1) is 9.28. The van der Waals surface area contributed by atoms with Gasteiger partial charge in [0.25, 0.3) is 0 Å². The van der Waals surface area contributed by atoms with E-state index < -0.39 is 21.7 Å². The third-order valence-corrected chi connectivity index (χ3v) is 5.23. The van der Waals surface area contributed by atoms with Crippen LogP contribution in [0.1, 0.15) is 6.42 Å². The molecule has 8 heteroatoms. The zero-order valence-electron chi connectivity index (χ0n) is 10.8. The van der Waals surface area contributed by atoms with Crippen molar-refractivity contribution in [3.05, 3.63) is 29.0 Å². The maximum Gasteiger partial charge on any atom is 0.321 e. The number of hydrogen-bond donors (Lipinski definition) is 1. The van der Waals surface area contributed by atoms with Crippen LogP contribution >= 0.6 is 11.6 Å². The van der Waals surface area contributed by atoms with Gasteiger partial charge in [0, 0.05) is 18.1 Å².